The number of benzene rings is 1. The molecule has 3 aromatic rings. The van der Waals surface area contributed by atoms with Crippen LogP contribution >= 0.6 is 0 Å². The number of furan rings is 1. The maximum absolute atomic E-state index is 11.7. The third-order valence-electron chi connectivity index (χ3n) is 7.61. The van der Waals surface area contributed by atoms with Gasteiger partial charge in [0.25, 0.3) is 0 Å². The smallest absolute Gasteiger partial charge is 0.142 e. The molecule has 1 saturated carbocycles. The normalized spacial score (nSPS) is 26.6. The molecular formula is C27H29N3O3. The van der Waals surface area contributed by atoms with Crippen LogP contribution in [-0.2, 0) is 12.0 Å². The average Bonchev–Trinajstić information content (AvgIpc) is 3.42. The van der Waals surface area contributed by atoms with E-state index >= 15 is 0 Å². The molecule has 2 fully saturated rings. The summed E-state index contributed by atoms with van der Waals surface area (Å²) in [7, 11) is 0. The lowest BCUT2D eigenvalue weighted by Crippen LogP contribution is -2.48. The number of aromatic nitrogens is 1. The number of likely N-dealkylation sites (tertiary alicyclic amines) is 1. The molecule has 3 heterocycles. The average molecular weight is 444 g/mol. The molecule has 1 aliphatic heterocycles. The number of hydrogen-bond acceptors (Lipinski definition) is 6. The molecule has 1 aromatic carbocycles. The zero-order chi connectivity index (χ0) is 22.6. The number of fused-ring (bicyclic) bond motifs is 1. The molecule has 0 spiro atoms. The third-order valence-corrected chi connectivity index (χ3v) is 7.61. The summed E-state index contributed by atoms with van der Waals surface area (Å²) in [6.07, 6.45) is 9.04. The molecule has 2 aromatic heterocycles. The fourth-order valence-corrected chi connectivity index (χ4v) is 5.71. The van der Waals surface area contributed by atoms with Crippen molar-refractivity contribution in [3.8, 4) is 22.5 Å². The van der Waals surface area contributed by atoms with Crippen molar-refractivity contribution in [3.05, 3.63) is 65.7 Å². The van der Waals surface area contributed by atoms with Crippen molar-refractivity contribution in [1.82, 2.24) is 9.88 Å². The molecular weight excluding hydrogens is 414 g/mol. The molecule has 2 aliphatic carbocycles. The van der Waals surface area contributed by atoms with Crippen LogP contribution in [-0.4, -0.2) is 44.5 Å². The number of oxime groups is 1. The lowest BCUT2D eigenvalue weighted by molar-refractivity contribution is -0.0637. The summed E-state index contributed by atoms with van der Waals surface area (Å²) in [6.45, 7) is 3.11. The van der Waals surface area contributed by atoms with Crippen LogP contribution in [0.3, 0.4) is 0 Å². The molecule has 33 heavy (non-hydrogen) atoms. The van der Waals surface area contributed by atoms with Crippen molar-refractivity contribution in [3.63, 3.8) is 0 Å². The van der Waals surface area contributed by atoms with Gasteiger partial charge in [0, 0.05) is 47.7 Å². The molecule has 6 nitrogen and oxygen atoms in total. The zero-order valence-corrected chi connectivity index (χ0v) is 18.9. The summed E-state index contributed by atoms with van der Waals surface area (Å²) in [6, 6.07) is 13.2. The van der Waals surface area contributed by atoms with Gasteiger partial charge in [0.15, 0.2) is 0 Å². The number of aryl methyl sites for hydroxylation is 1. The van der Waals surface area contributed by atoms with Crippen molar-refractivity contribution < 1.29 is 14.7 Å². The molecule has 3 aliphatic rings. The minimum Gasteiger partial charge on any atom is -0.457 e. The Bertz CT molecular complexity index is 1210. The maximum Gasteiger partial charge on any atom is 0.142 e. The van der Waals surface area contributed by atoms with E-state index < -0.39 is 5.60 Å². The number of nitrogens with zero attached hydrogens (tertiary/aromatic N) is 3. The van der Waals surface area contributed by atoms with Crippen molar-refractivity contribution >= 4 is 5.71 Å². The summed E-state index contributed by atoms with van der Waals surface area (Å²) < 4.78 is 6.46. The quantitative estimate of drug-likeness (QED) is 0.440. The number of rotatable bonds is 4. The van der Waals surface area contributed by atoms with Crippen LogP contribution in [0.25, 0.3) is 22.5 Å². The van der Waals surface area contributed by atoms with Crippen LogP contribution in [0.1, 0.15) is 55.9 Å². The largest absolute Gasteiger partial charge is 0.457 e. The topological polar surface area (TPSA) is 82.1 Å². The summed E-state index contributed by atoms with van der Waals surface area (Å²) in [5, 5.41) is 24.4. The highest BCUT2D eigenvalue weighted by molar-refractivity contribution is 6.04. The van der Waals surface area contributed by atoms with Gasteiger partial charge >= 0.3 is 0 Å². The van der Waals surface area contributed by atoms with Gasteiger partial charge in [-0.25, -0.2) is 0 Å². The summed E-state index contributed by atoms with van der Waals surface area (Å²) >= 11 is 0. The number of piperidine rings is 1. The third kappa shape index (κ3) is 3.58. The number of hydrogen-bond donors (Lipinski definition) is 2. The van der Waals surface area contributed by atoms with E-state index in [1.165, 1.54) is 18.4 Å². The molecule has 6 rings (SSSR count). The zero-order valence-electron chi connectivity index (χ0n) is 18.9. The van der Waals surface area contributed by atoms with Crippen molar-refractivity contribution in [1.29, 1.82) is 0 Å². The second-order valence-electron chi connectivity index (χ2n) is 9.81. The first kappa shape index (κ1) is 20.6. The van der Waals surface area contributed by atoms with Gasteiger partial charge in [-0.15, -0.1) is 0 Å². The minimum atomic E-state index is -0.974. The Balaban J connectivity index is 1.41. The van der Waals surface area contributed by atoms with E-state index in [2.05, 4.69) is 34.1 Å². The van der Waals surface area contributed by atoms with Crippen molar-refractivity contribution in [2.24, 2.45) is 5.16 Å². The monoisotopic (exact) mass is 443 g/mol. The van der Waals surface area contributed by atoms with E-state index in [0.717, 1.165) is 53.1 Å². The molecule has 170 valence electrons. The highest BCUT2D eigenvalue weighted by Crippen LogP contribution is 2.45. The van der Waals surface area contributed by atoms with Crippen LogP contribution in [0.5, 0.6) is 0 Å². The van der Waals surface area contributed by atoms with E-state index in [-0.39, 0.29) is 0 Å². The molecule has 6 heteroatoms. The lowest BCUT2D eigenvalue weighted by atomic mass is 9.84. The standard InChI is InChI=1S/C27H29N3O3/c1-17-16-27(31,10-13-30(17)21-4-5-21)25-15-23(26(33-25)18-8-11-28-12-9-18)20-2-6-22-19(14-20)3-7-24(22)29-32/h2,6,8-9,11-12,14-15,17,21,31-32H,3-5,7,10,13,16H2,1H3. The highest BCUT2D eigenvalue weighted by Gasteiger charge is 2.44. The Morgan fingerprint density at radius 1 is 1.06 bits per heavy atom. The fourth-order valence-electron chi connectivity index (χ4n) is 5.71. The Morgan fingerprint density at radius 2 is 1.88 bits per heavy atom. The van der Waals surface area contributed by atoms with Gasteiger partial charge in [0.1, 0.15) is 17.1 Å². The molecule has 1 saturated heterocycles. The fraction of sp³-hybridized carbons (Fsp3) is 0.407. The van der Waals surface area contributed by atoms with E-state index in [9.17, 15) is 10.3 Å². The van der Waals surface area contributed by atoms with Crippen LogP contribution in [0.4, 0.5) is 0 Å². The summed E-state index contributed by atoms with van der Waals surface area (Å²) in [5.41, 5.74) is 4.91. The second-order valence-corrected chi connectivity index (χ2v) is 9.81. The predicted molar refractivity (Wildman–Crippen MR) is 126 cm³/mol. The van der Waals surface area contributed by atoms with Gasteiger partial charge in [0.05, 0.1) is 5.71 Å². The molecule has 2 atom stereocenters. The van der Waals surface area contributed by atoms with Crippen LogP contribution in [0.15, 0.2) is 58.4 Å². The second kappa shape index (κ2) is 7.82. The predicted octanol–water partition coefficient (Wildman–Crippen LogP) is 4.97. The Kier molecular flexibility index (Phi) is 4.89. The van der Waals surface area contributed by atoms with Crippen molar-refractivity contribution in [2.75, 3.05) is 6.54 Å². The van der Waals surface area contributed by atoms with E-state index in [0.29, 0.717) is 30.7 Å². The molecule has 2 N–H and O–H groups in total. The van der Waals surface area contributed by atoms with Gasteiger partial charge in [-0.1, -0.05) is 23.4 Å². The van der Waals surface area contributed by atoms with Gasteiger partial charge in [-0.05, 0) is 74.8 Å². The number of aliphatic hydroxyl groups is 1. The molecule has 0 amide bonds. The van der Waals surface area contributed by atoms with E-state index in [1.54, 1.807) is 12.4 Å². The van der Waals surface area contributed by atoms with Gasteiger partial charge < -0.3 is 14.7 Å². The highest BCUT2D eigenvalue weighted by atomic mass is 16.4. The lowest BCUT2D eigenvalue weighted by Gasteiger charge is -2.42. The van der Waals surface area contributed by atoms with Gasteiger partial charge in [-0.2, -0.15) is 0 Å². The van der Waals surface area contributed by atoms with Crippen LogP contribution in [0.2, 0.25) is 0 Å². The molecule has 0 bridgehead atoms. The Hall–Kier alpha value is -2.96. The first-order valence-electron chi connectivity index (χ1n) is 11.9. The first-order valence-corrected chi connectivity index (χ1v) is 11.9. The van der Waals surface area contributed by atoms with Crippen molar-refractivity contribution in [2.45, 2.75) is 63.1 Å². The molecule has 2 unspecified atom stereocenters. The minimum absolute atomic E-state index is 0.324. The molecule has 0 radical (unpaired) electrons. The first-order chi connectivity index (χ1) is 16.1. The maximum atomic E-state index is 11.7. The Labute approximate surface area is 193 Å². The van der Waals surface area contributed by atoms with Gasteiger partial charge in [0.2, 0.25) is 0 Å². The number of pyridine rings is 1. The van der Waals surface area contributed by atoms with Gasteiger partial charge in [-0.3, -0.25) is 9.88 Å². The SMILES string of the molecule is CC1CC(O)(c2cc(-c3ccc4c(c3)CCC4=NO)c(-c3ccncc3)o2)CCN1C1CC1. The van der Waals surface area contributed by atoms with Crippen LogP contribution in [0, 0.1) is 0 Å². The van der Waals surface area contributed by atoms with Crippen LogP contribution < -0.4 is 0 Å². The summed E-state index contributed by atoms with van der Waals surface area (Å²) in [4.78, 5) is 6.70. The Morgan fingerprint density at radius 3 is 2.61 bits per heavy atom. The summed E-state index contributed by atoms with van der Waals surface area (Å²) in [5.74, 6) is 1.40. The van der Waals surface area contributed by atoms with E-state index in [4.69, 9.17) is 4.42 Å². The van der Waals surface area contributed by atoms with E-state index in [1.807, 2.05) is 24.3 Å².